The Balaban J connectivity index is 1.61. The lowest BCUT2D eigenvalue weighted by atomic mass is 9.65. The van der Waals surface area contributed by atoms with Crippen molar-refractivity contribution in [2.24, 2.45) is 22.2 Å². The number of amides is 1. The van der Waals surface area contributed by atoms with Gasteiger partial charge in [-0.2, -0.15) is 0 Å². The highest BCUT2D eigenvalue weighted by Gasteiger charge is 2.47. The molecule has 1 heterocycles. The molecule has 1 aromatic heterocycles. The summed E-state index contributed by atoms with van der Waals surface area (Å²) in [7, 11) is 0. The summed E-state index contributed by atoms with van der Waals surface area (Å²) in [5, 5.41) is 11.2. The SMILES string of the molecule is CC(=O)NC(CC1CCC2=CC(=Nc3cccnc3)C(C=N)CC21C)c1ccccc1. The summed E-state index contributed by atoms with van der Waals surface area (Å²) in [5.41, 5.74) is 4.37. The first-order valence-electron chi connectivity index (χ1n) is 11.0. The maximum absolute atomic E-state index is 11.9. The number of aromatic nitrogens is 1. The molecule has 160 valence electrons. The number of rotatable bonds is 6. The van der Waals surface area contributed by atoms with E-state index in [0.29, 0.717) is 5.92 Å². The molecule has 2 aromatic rings. The van der Waals surface area contributed by atoms with E-state index in [0.717, 1.165) is 42.6 Å². The van der Waals surface area contributed by atoms with Gasteiger partial charge in [-0.3, -0.25) is 14.8 Å². The van der Waals surface area contributed by atoms with Crippen LogP contribution in [0.25, 0.3) is 0 Å². The molecule has 0 radical (unpaired) electrons. The van der Waals surface area contributed by atoms with E-state index in [4.69, 9.17) is 10.4 Å². The second-order valence-corrected chi connectivity index (χ2v) is 8.95. The van der Waals surface area contributed by atoms with Gasteiger partial charge in [0.05, 0.1) is 17.9 Å². The van der Waals surface area contributed by atoms with Gasteiger partial charge in [-0.1, -0.05) is 42.8 Å². The molecule has 31 heavy (non-hydrogen) atoms. The number of nitrogens with one attached hydrogen (secondary N) is 2. The number of nitrogens with zero attached hydrogens (tertiary/aromatic N) is 2. The van der Waals surface area contributed by atoms with Crippen molar-refractivity contribution in [1.82, 2.24) is 10.3 Å². The highest BCUT2D eigenvalue weighted by molar-refractivity contribution is 6.07. The lowest BCUT2D eigenvalue weighted by molar-refractivity contribution is -0.119. The van der Waals surface area contributed by atoms with Crippen molar-refractivity contribution in [3.05, 3.63) is 72.1 Å². The van der Waals surface area contributed by atoms with Crippen LogP contribution in [0.15, 0.2) is 71.5 Å². The number of benzene rings is 1. The van der Waals surface area contributed by atoms with E-state index >= 15 is 0 Å². The molecule has 0 saturated heterocycles. The minimum Gasteiger partial charge on any atom is -0.350 e. The number of hydrogen-bond donors (Lipinski definition) is 2. The first kappa shape index (κ1) is 21.2. The number of pyridine rings is 1. The number of hydrogen-bond acceptors (Lipinski definition) is 4. The van der Waals surface area contributed by atoms with Crippen molar-refractivity contribution in [3.63, 3.8) is 0 Å². The Morgan fingerprint density at radius 3 is 2.81 bits per heavy atom. The van der Waals surface area contributed by atoms with Crippen LogP contribution in [0.3, 0.4) is 0 Å². The van der Waals surface area contributed by atoms with E-state index in [1.54, 1.807) is 19.3 Å². The van der Waals surface area contributed by atoms with Gasteiger partial charge < -0.3 is 10.7 Å². The molecule has 1 amide bonds. The van der Waals surface area contributed by atoms with Crippen LogP contribution in [0, 0.1) is 22.7 Å². The zero-order valence-electron chi connectivity index (χ0n) is 18.2. The number of carbonyl (C=O) groups excluding carboxylic acids is 1. The third-order valence-electron chi connectivity index (χ3n) is 6.95. The lowest BCUT2D eigenvalue weighted by Gasteiger charge is -2.40. The Morgan fingerprint density at radius 1 is 1.32 bits per heavy atom. The molecule has 5 nitrogen and oxygen atoms in total. The highest BCUT2D eigenvalue weighted by Crippen LogP contribution is 2.56. The monoisotopic (exact) mass is 414 g/mol. The van der Waals surface area contributed by atoms with Gasteiger partial charge in [0, 0.05) is 31.0 Å². The van der Waals surface area contributed by atoms with Crippen LogP contribution >= 0.6 is 0 Å². The van der Waals surface area contributed by atoms with E-state index < -0.39 is 0 Å². The normalized spacial score (nSPS) is 27.3. The maximum atomic E-state index is 11.9. The Kier molecular flexibility index (Phi) is 6.12. The number of carbonyl (C=O) groups is 1. The van der Waals surface area contributed by atoms with E-state index in [2.05, 4.69) is 35.4 Å². The van der Waals surface area contributed by atoms with E-state index in [9.17, 15) is 4.79 Å². The Labute approximate surface area is 184 Å². The van der Waals surface area contributed by atoms with Crippen LogP contribution < -0.4 is 5.32 Å². The molecular formula is C26H30N4O. The summed E-state index contributed by atoms with van der Waals surface area (Å²) >= 11 is 0. The first-order valence-corrected chi connectivity index (χ1v) is 11.0. The molecule has 1 aromatic carbocycles. The molecular weight excluding hydrogens is 384 g/mol. The summed E-state index contributed by atoms with van der Waals surface area (Å²) < 4.78 is 0. The molecule has 5 heteroatoms. The standard InChI is InChI=1S/C26H30N4O/c1-18(31)29-24(19-7-4-3-5-8-19)13-21-10-11-22-14-25(20(16-27)15-26(21,22)2)30-23-9-6-12-28-17-23/h3-9,12,14,16-17,20-21,24,27H,10-11,13,15H2,1-2H3,(H,29,31). The molecule has 0 aliphatic heterocycles. The summed E-state index contributed by atoms with van der Waals surface area (Å²) in [4.78, 5) is 20.9. The lowest BCUT2D eigenvalue weighted by Crippen LogP contribution is -2.36. The van der Waals surface area contributed by atoms with Crippen molar-refractivity contribution in [1.29, 1.82) is 5.41 Å². The fourth-order valence-corrected chi connectivity index (χ4v) is 5.28. The summed E-state index contributed by atoms with van der Waals surface area (Å²) in [5.74, 6) is 0.434. The average molecular weight is 415 g/mol. The summed E-state index contributed by atoms with van der Waals surface area (Å²) in [6, 6.07) is 14.1. The van der Waals surface area contributed by atoms with Gasteiger partial charge in [-0.15, -0.1) is 0 Å². The summed E-state index contributed by atoms with van der Waals surface area (Å²) in [6.07, 6.45) is 11.2. The third-order valence-corrected chi connectivity index (χ3v) is 6.95. The molecule has 4 rings (SSSR count). The van der Waals surface area contributed by atoms with Crippen LogP contribution in [0.5, 0.6) is 0 Å². The fraction of sp³-hybridized carbons (Fsp3) is 0.385. The zero-order chi connectivity index (χ0) is 21.8. The van der Waals surface area contributed by atoms with E-state index in [1.807, 2.05) is 30.3 Å². The molecule has 4 unspecified atom stereocenters. The number of fused-ring (bicyclic) bond motifs is 1. The fourth-order valence-electron chi connectivity index (χ4n) is 5.28. The van der Waals surface area contributed by atoms with Crippen LogP contribution in [-0.2, 0) is 4.79 Å². The van der Waals surface area contributed by atoms with Gasteiger partial charge in [0.15, 0.2) is 0 Å². The predicted octanol–water partition coefficient (Wildman–Crippen LogP) is 5.43. The van der Waals surface area contributed by atoms with Gasteiger partial charge in [-0.25, -0.2) is 0 Å². The second kappa shape index (κ2) is 8.96. The first-order chi connectivity index (χ1) is 15.0. The quantitative estimate of drug-likeness (QED) is 0.618. The Hall–Kier alpha value is -3.08. The van der Waals surface area contributed by atoms with Crippen molar-refractivity contribution >= 4 is 23.5 Å². The van der Waals surface area contributed by atoms with Gasteiger partial charge in [0.25, 0.3) is 0 Å². The third kappa shape index (κ3) is 4.50. The predicted molar refractivity (Wildman–Crippen MR) is 125 cm³/mol. The molecule has 1 saturated carbocycles. The smallest absolute Gasteiger partial charge is 0.217 e. The topological polar surface area (TPSA) is 78.2 Å². The van der Waals surface area contributed by atoms with Gasteiger partial charge in [0.2, 0.25) is 5.91 Å². The van der Waals surface area contributed by atoms with Gasteiger partial charge in [-0.05, 0) is 60.8 Å². The number of allylic oxidation sites excluding steroid dienone is 2. The van der Waals surface area contributed by atoms with Crippen molar-refractivity contribution < 1.29 is 4.79 Å². The molecule has 2 N–H and O–H groups in total. The summed E-state index contributed by atoms with van der Waals surface area (Å²) in [6.45, 7) is 3.92. The van der Waals surface area contributed by atoms with Crippen molar-refractivity contribution in [2.75, 3.05) is 0 Å². The molecule has 0 spiro atoms. The average Bonchev–Trinajstić information content (AvgIpc) is 3.09. The van der Waals surface area contributed by atoms with Crippen molar-refractivity contribution in [2.45, 2.75) is 45.6 Å². The molecule has 2 aliphatic rings. The molecule has 4 atom stereocenters. The molecule has 1 fully saturated rings. The zero-order valence-corrected chi connectivity index (χ0v) is 18.2. The van der Waals surface area contributed by atoms with Gasteiger partial charge in [0.1, 0.15) is 0 Å². The van der Waals surface area contributed by atoms with Crippen molar-refractivity contribution in [3.8, 4) is 0 Å². The Morgan fingerprint density at radius 2 is 2.13 bits per heavy atom. The maximum Gasteiger partial charge on any atom is 0.217 e. The molecule has 2 aliphatic carbocycles. The van der Waals surface area contributed by atoms with Gasteiger partial charge >= 0.3 is 0 Å². The second-order valence-electron chi connectivity index (χ2n) is 8.95. The Bertz CT molecular complexity index is 999. The highest BCUT2D eigenvalue weighted by atomic mass is 16.1. The van der Waals surface area contributed by atoms with E-state index in [1.165, 1.54) is 11.8 Å². The molecule has 0 bridgehead atoms. The van der Waals surface area contributed by atoms with Crippen LogP contribution in [0.4, 0.5) is 5.69 Å². The number of aliphatic imine (C=N–C) groups is 1. The minimum atomic E-state index is -0.00880. The van der Waals surface area contributed by atoms with Crippen LogP contribution in [0.2, 0.25) is 0 Å². The van der Waals surface area contributed by atoms with Crippen LogP contribution in [-0.4, -0.2) is 22.8 Å². The van der Waals surface area contributed by atoms with Crippen LogP contribution in [0.1, 0.15) is 51.1 Å². The van der Waals surface area contributed by atoms with E-state index in [-0.39, 0.29) is 23.3 Å². The largest absolute Gasteiger partial charge is 0.350 e. The minimum absolute atomic E-state index is 0.000305.